The third-order valence-electron chi connectivity index (χ3n) is 5.56. The Bertz CT molecular complexity index is 124. The summed E-state index contributed by atoms with van der Waals surface area (Å²) in [5.41, 5.74) is 1.29. The highest BCUT2D eigenvalue weighted by Crippen LogP contribution is 2.33. The van der Waals surface area contributed by atoms with Gasteiger partial charge in [-0.3, -0.25) is 0 Å². The zero-order valence-electron chi connectivity index (χ0n) is 13.9. The van der Waals surface area contributed by atoms with Crippen LogP contribution in [0.1, 0.15) is 100 Å². The predicted octanol–water partition coefficient (Wildman–Crippen LogP) is 6.84. The molecule has 0 aliphatic rings. The van der Waals surface area contributed by atoms with E-state index < -0.39 is 0 Å². The van der Waals surface area contributed by atoms with E-state index in [-0.39, 0.29) is 0 Å². The van der Waals surface area contributed by atoms with Gasteiger partial charge in [0.25, 0.3) is 0 Å². The smallest absolute Gasteiger partial charge is 0.0308 e. The third kappa shape index (κ3) is 7.11. The number of hydrogen-bond donors (Lipinski definition) is 0. The lowest BCUT2D eigenvalue weighted by Crippen LogP contribution is -2.15. The molecule has 0 saturated carbocycles. The molecular formula is C17H38. The molecule has 0 bridgehead atoms. The SMILES string of the molecule is CCC(C)(CC)CC.CCC(CC)(CC)CC. The van der Waals surface area contributed by atoms with Crippen LogP contribution in [0.15, 0.2) is 0 Å². The van der Waals surface area contributed by atoms with E-state index in [0.29, 0.717) is 10.8 Å². The maximum Gasteiger partial charge on any atom is -0.0308 e. The molecule has 0 atom stereocenters. The normalized spacial score (nSPS) is 12.0. The number of rotatable bonds is 7. The van der Waals surface area contributed by atoms with Crippen molar-refractivity contribution in [2.24, 2.45) is 10.8 Å². The van der Waals surface area contributed by atoms with Crippen molar-refractivity contribution in [3.8, 4) is 0 Å². The van der Waals surface area contributed by atoms with Crippen molar-refractivity contribution in [1.29, 1.82) is 0 Å². The van der Waals surface area contributed by atoms with Gasteiger partial charge >= 0.3 is 0 Å². The van der Waals surface area contributed by atoms with Gasteiger partial charge in [-0.25, -0.2) is 0 Å². The van der Waals surface area contributed by atoms with Crippen LogP contribution in [0.3, 0.4) is 0 Å². The third-order valence-corrected chi connectivity index (χ3v) is 5.56. The van der Waals surface area contributed by atoms with E-state index >= 15 is 0 Å². The molecule has 0 heterocycles. The van der Waals surface area contributed by atoms with E-state index in [1.807, 2.05) is 0 Å². The van der Waals surface area contributed by atoms with Crippen LogP contribution in [0.5, 0.6) is 0 Å². The van der Waals surface area contributed by atoms with Crippen molar-refractivity contribution < 1.29 is 0 Å². The van der Waals surface area contributed by atoms with E-state index in [1.165, 1.54) is 44.9 Å². The summed E-state index contributed by atoms with van der Waals surface area (Å²) in [5.74, 6) is 0. The van der Waals surface area contributed by atoms with E-state index in [0.717, 1.165) is 0 Å². The van der Waals surface area contributed by atoms with Crippen molar-refractivity contribution in [2.75, 3.05) is 0 Å². The Hall–Kier alpha value is 0. The Kier molecular flexibility index (Phi) is 11.3. The standard InChI is InChI=1S/C9H20.C8H18/c1-5-9(6-2,7-3)8-4;1-5-8(4,6-2)7-3/h5-8H2,1-4H3;5-7H2,1-4H3. The molecule has 0 aromatic carbocycles. The van der Waals surface area contributed by atoms with Gasteiger partial charge in [-0.2, -0.15) is 0 Å². The van der Waals surface area contributed by atoms with Gasteiger partial charge in [-0.05, 0) is 10.8 Å². The highest BCUT2D eigenvalue weighted by atomic mass is 14.3. The highest BCUT2D eigenvalue weighted by molar-refractivity contribution is 4.72. The molecule has 106 valence electrons. The summed E-state index contributed by atoms with van der Waals surface area (Å²) in [5, 5.41) is 0. The Morgan fingerprint density at radius 1 is 0.471 bits per heavy atom. The molecule has 0 saturated heterocycles. The van der Waals surface area contributed by atoms with Gasteiger partial charge in [0.1, 0.15) is 0 Å². The van der Waals surface area contributed by atoms with Crippen LogP contribution in [0, 0.1) is 10.8 Å². The van der Waals surface area contributed by atoms with Crippen LogP contribution in [0.2, 0.25) is 0 Å². The molecule has 0 aromatic rings. The van der Waals surface area contributed by atoms with Gasteiger partial charge in [-0.15, -0.1) is 0 Å². The lowest BCUT2D eigenvalue weighted by Gasteiger charge is -2.28. The monoisotopic (exact) mass is 242 g/mol. The molecule has 0 fully saturated rings. The molecule has 17 heavy (non-hydrogen) atoms. The predicted molar refractivity (Wildman–Crippen MR) is 82.6 cm³/mol. The van der Waals surface area contributed by atoms with Crippen molar-refractivity contribution in [3.05, 3.63) is 0 Å². The fourth-order valence-electron chi connectivity index (χ4n) is 2.25. The quantitative estimate of drug-likeness (QED) is 0.458. The van der Waals surface area contributed by atoms with Crippen LogP contribution in [-0.4, -0.2) is 0 Å². The van der Waals surface area contributed by atoms with Crippen molar-refractivity contribution in [2.45, 2.75) is 100 Å². The first-order valence-electron chi connectivity index (χ1n) is 7.92. The molecule has 0 aromatic heterocycles. The van der Waals surface area contributed by atoms with Gasteiger partial charge in [0, 0.05) is 0 Å². The first-order valence-corrected chi connectivity index (χ1v) is 7.92. The molecule has 0 aliphatic heterocycles. The number of hydrogen-bond acceptors (Lipinski definition) is 0. The average Bonchev–Trinajstić information content (AvgIpc) is 2.42. The van der Waals surface area contributed by atoms with Gasteiger partial charge in [-0.1, -0.05) is 100 Å². The fraction of sp³-hybridized carbons (Fsp3) is 1.00. The zero-order chi connectivity index (χ0) is 13.9. The first-order chi connectivity index (χ1) is 7.92. The van der Waals surface area contributed by atoms with E-state index in [1.54, 1.807) is 0 Å². The summed E-state index contributed by atoms with van der Waals surface area (Å²) in [6.45, 7) is 18.4. The summed E-state index contributed by atoms with van der Waals surface area (Å²) < 4.78 is 0. The Morgan fingerprint density at radius 3 is 0.706 bits per heavy atom. The molecule has 0 radical (unpaired) electrons. The second-order valence-electron chi connectivity index (χ2n) is 5.79. The summed E-state index contributed by atoms with van der Waals surface area (Å²) >= 11 is 0. The molecule has 0 unspecified atom stereocenters. The molecule has 0 spiro atoms. The molecule has 0 heteroatoms. The van der Waals surface area contributed by atoms with Crippen LogP contribution >= 0.6 is 0 Å². The van der Waals surface area contributed by atoms with Crippen LogP contribution in [0.4, 0.5) is 0 Å². The summed E-state index contributed by atoms with van der Waals surface area (Å²) in [6, 6.07) is 0. The topological polar surface area (TPSA) is 0 Å². The zero-order valence-corrected chi connectivity index (χ0v) is 13.9. The Labute approximate surface area is 112 Å². The molecular weight excluding hydrogens is 204 g/mol. The van der Waals surface area contributed by atoms with Gasteiger partial charge < -0.3 is 0 Å². The van der Waals surface area contributed by atoms with E-state index in [9.17, 15) is 0 Å². The van der Waals surface area contributed by atoms with Crippen LogP contribution < -0.4 is 0 Å². The second kappa shape index (κ2) is 9.97. The summed E-state index contributed by atoms with van der Waals surface area (Å²) in [6.07, 6.45) is 9.33. The lowest BCUT2D eigenvalue weighted by atomic mass is 9.78. The summed E-state index contributed by atoms with van der Waals surface area (Å²) in [4.78, 5) is 0. The van der Waals surface area contributed by atoms with Gasteiger partial charge in [0.2, 0.25) is 0 Å². The lowest BCUT2D eigenvalue weighted by molar-refractivity contribution is 0.240. The summed E-state index contributed by atoms with van der Waals surface area (Å²) in [7, 11) is 0. The first kappa shape index (κ1) is 19.3. The molecule has 0 nitrogen and oxygen atoms in total. The Morgan fingerprint density at radius 2 is 0.706 bits per heavy atom. The fourth-order valence-corrected chi connectivity index (χ4v) is 2.25. The molecule has 0 rings (SSSR count). The maximum atomic E-state index is 2.35. The average molecular weight is 242 g/mol. The minimum atomic E-state index is 0.625. The maximum absolute atomic E-state index is 2.35. The highest BCUT2D eigenvalue weighted by Gasteiger charge is 2.20. The van der Waals surface area contributed by atoms with Gasteiger partial charge in [0.05, 0.1) is 0 Å². The van der Waals surface area contributed by atoms with Gasteiger partial charge in [0.15, 0.2) is 0 Å². The Balaban J connectivity index is 0. The van der Waals surface area contributed by atoms with E-state index in [2.05, 4.69) is 55.4 Å². The molecule has 0 amide bonds. The molecule has 0 N–H and O–H groups in total. The van der Waals surface area contributed by atoms with Crippen molar-refractivity contribution >= 4 is 0 Å². The van der Waals surface area contributed by atoms with Crippen molar-refractivity contribution in [1.82, 2.24) is 0 Å². The minimum Gasteiger partial charge on any atom is -0.0649 e. The van der Waals surface area contributed by atoms with Crippen LogP contribution in [-0.2, 0) is 0 Å². The minimum absolute atomic E-state index is 0.625. The second-order valence-corrected chi connectivity index (χ2v) is 5.79. The van der Waals surface area contributed by atoms with E-state index in [4.69, 9.17) is 0 Å². The van der Waals surface area contributed by atoms with Crippen molar-refractivity contribution in [3.63, 3.8) is 0 Å². The molecule has 0 aliphatic carbocycles. The largest absolute Gasteiger partial charge is 0.0649 e. The van der Waals surface area contributed by atoms with Crippen LogP contribution in [0.25, 0.3) is 0 Å².